The average molecular weight is 250 g/mol. The van der Waals surface area contributed by atoms with Crippen molar-refractivity contribution in [2.75, 3.05) is 0 Å². The molecule has 0 saturated carbocycles. The van der Waals surface area contributed by atoms with Crippen LogP contribution in [0.25, 0.3) is 0 Å². The maximum atomic E-state index is 11.5. The summed E-state index contributed by atoms with van der Waals surface area (Å²) in [6, 6.07) is 6.48. The van der Waals surface area contributed by atoms with Gasteiger partial charge < -0.3 is 10.2 Å². The fourth-order valence-corrected chi connectivity index (χ4v) is 2.63. The molecule has 17 heavy (non-hydrogen) atoms. The number of Topliss-reactive ketones (excluding diaryl/α,β-unsaturated/α-hetero) is 1. The van der Waals surface area contributed by atoms with Gasteiger partial charge in [-0.25, -0.2) is 4.79 Å². The minimum Gasteiger partial charge on any atom is -0.478 e. The molecule has 1 aromatic carbocycles. The van der Waals surface area contributed by atoms with Gasteiger partial charge in [-0.3, -0.25) is 4.79 Å². The number of aromatic carboxylic acids is 1. The number of carboxylic acids is 1. The number of aliphatic hydroxyl groups excluding tert-OH is 1. The van der Waals surface area contributed by atoms with Crippen LogP contribution in [-0.4, -0.2) is 28.1 Å². The van der Waals surface area contributed by atoms with E-state index in [1.807, 2.05) is 0 Å². The minimum absolute atomic E-state index is 0.0809. The number of hydrogen-bond donors (Lipinski definition) is 2. The van der Waals surface area contributed by atoms with Crippen molar-refractivity contribution < 1.29 is 19.8 Å². The van der Waals surface area contributed by atoms with Crippen molar-refractivity contribution in [3.63, 3.8) is 0 Å². The molecule has 1 aromatic rings. The molecule has 0 amide bonds. The van der Waals surface area contributed by atoms with Crippen LogP contribution in [0, 0.1) is 0 Å². The van der Waals surface area contributed by atoms with E-state index in [4.69, 9.17) is 5.11 Å². The Morgan fingerprint density at radius 1 is 1.35 bits per heavy atom. The van der Waals surface area contributed by atoms with Crippen LogP contribution in [0.1, 0.15) is 16.8 Å². The number of rotatable bonds is 3. The molecular weight excluding hydrogens is 240 g/mol. The fraction of sp³-hybridized carbons (Fsp3) is 0.167. The first-order valence-corrected chi connectivity index (χ1v) is 5.83. The summed E-state index contributed by atoms with van der Waals surface area (Å²) in [5.41, 5.74) is 0.160. The molecule has 88 valence electrons. The molecule has 0 fully saturated rings. The lowest BCUT2D eigenvalue weighted by atomic mass is 10.2. The number of aliphatic hydroxyl groups is 1. The summed E-state index contributed by atoms with van der Waals surface area (Å²) in [5, 5.41) is 18.3. The molecule has 0 saturated heterocycles. The summed E-state index contributed by atoms with van der Waals surface area (Å²) < 4.78 is 0. The molecule has 2 N–H and O–H groups in total. The van der Waals surface area contributed by atoms with Crippen molar-refractivity contribution in [2.24, 2.45) is 0 Å². The Labute approximate surface area is 102 Å². The van der Waals surface area contributed by atoms with Gasteiger partial charge in [0.2, 0.25) is 0 Å². The average Bonchev–Trinajstić information content (AvgIpc) is 2.58. The van der Waals surface area contributed by atoms with Crippen LogP contribution in [0.3, 0.4) is 0 Å². The van der Waals surface area contributed by atoms with Gasteiger partial charge in [-0.2, -0.15) is 0 Å². The van der Waals surface area contributed by atoms with Gasteiger partial charge in [-0.1, -0.05) is 23.9 Å². The number of benzene rings is 1. The molecule has 0 radical (unpaired) electrons. The van der Waals surface area contributed by atoms with E-state index in [-0.39, 0.29) is 17.8 Å². The first-order valence-electron chi connectivity index (χ1n) is 5.01. The molecule has 1 aliphatic rings. The van der Waals surface area contributed by atoms with Crippen LogP contribution in [0.5, 0.6) is 0 Å². The van der Waals surface area contributed by atoms with Crippen molar-refractivity contribution >= 4 is 23.5 Å². The molecule has 1 aliphatic carbocycles. The number of carbonyl (C=O) groups excluding carboxylic acids is 1. The second-order valence-electron chi connectivity index (χ2n) is 3.63. The van der Waals surface area contributed by atoms with E-state index in [9.17, 15) is 14.7 Å². The van der Waals surface area contributed by atoms with Crippen LogP contribution < -0.4 is 0 Å². The highest BCUT2D eigenvalue weighted by Crippen LogP contribution is 2.34. The van der Waals surface area contributed by atoms with Crippen LogP contribution in [-0.2, 0) is 4.79 Å². The molecule has 5 heteroatoms. The van der Waals surface area contributed by atoms with Gasteiger partial charge >= 0.3 is 5.97 Å². The maximum absolute atomic E-state index is 11.5. The van der Waals surface area contributed by atoms with Gasteiger partial charge in [0.15, 0.2) is 5.78 Å². The summed E-state index contributed by atoms with van der Waals surface area (Å²) in [7, 11) is 0. The summed E-state index contributed by atoms with van der Waals surface area (Å²) >= 11 is 1.09. The molecule has 0 aromatic heterocycles. The third-order valence-electron chi connectivity index (χ3n) is 2.35. The molecule has 0 spiro atoms. The predicted molar refractivity (Wildman–Crippen MR) is 63.0 cm³/mol. The molecule has 1 atom stereocenters. The highest BCUT2D eigenvalue weighted by atomic mass is 32.2. The topological polar surface area (TPSA) is 74.6 Å². The summed E-state index contributed by atoms with van der Waals surface area (Å²) in [4.78, 5) is 23.4. The Hall–Kier alpha value is -1.59. The van der Waals surface area contributed by atoms with Crippen LogP contribution in [0.2, 0.25) is 0 Å². The molecular formula is C12H10O4S. The van der Waals surface area contributed by atoms with Crippen molar-refractivity contribution in [3.05, 3.63) is 40.8 Å². The van der Waals surface area contributed by atoms with E-state index in [0.29, 0.717) is 9.80 Å². The van der Waals surface area contributed by atoms with Crippen LogP contribution in [0.15, 0.2) is 40.1 Å². The normalized spacial score (nSPS) is 19.2. The van der Waals surface area contributed by atoms with Crippen molar-refractivity contribution in [1.29, 1.82) is 0 Å². The maximum Gasteiger partial charge on any atom is 0.336 e. The Morgan fingerprint density at radius 3 is 2.65 bits per heavy atom. The van der Waals surface area contributed by atoms with Crippen LogP contribution >= 0.6 is 11.8 Å². The first-order chi connectivity index (χ1) is 8.08. The third kappa shape index (κ3) is 2.57. The first kappa shape index (κ1) is 11.9. The second kappa shape index (κ2) is 4.73. The van der Waals surface area contributed by atoms with E-state index in [0.717, 1.165) is 11.8 Å². The highest BCUT2D eigenvalue weighted by molar-refractivity contribution is 8.04. The summed E-state index contributed by atoms with van der Waals surface area (Å²) in [6.45, 7) is 0. The Bertz CT molecular complexity index is 507. The van der Waals surface area contributed by atoms with E-state index >= 15 is 0 Å². The third-order valence-corrected chi connectivity index (χ3v) is 3.51. The van der Waals surface area contributed by atoms with Gasteiger partial charge in [-0.15, -0.1) is 0 Å². The van der Waals surface area contributed by atoms with E-state index in [1.165, 1.54) is 12.1 Å². The lowest BCUT2D eigenvalue weighted by molar-refractivity contribution is -0.115. The molecule has 1 unspecified atom stereocenters. The SMILES string of the molecule is O=C1CC(O)C=C1Sc1ccccc1C(=O)O. The molecule has 0 aliphatic heterocycles. The Balaban J connectivity index is 2.28. The lowest BCUT2D eigenvalue weighted by Crippen LogP contribution is -2.01. The van der Waals surface area contributed by atoms with Crippen molar-refractivity contribution in [3.8, 4) is 0 Å². The quantitative estimate of drug-likeness (QED) is 0.854. The fourth-order valence-electron chi connectivity index (χ4n) is 1.56. The Kier molecular flexibility index (Phi) is 3.31. The zero-order chi connectivity index (χ0) is 12.4. The lowest BCUT2D eigenvalue weighted by Gasteiger charge is -2.04. The smallest absolute Gasteiger partial charge is 0.336 e. The second-order valence-corrected chi connectivity index (χ2v) is 4.71. The largest absolute Gasteiger partial charge is 0.478 e. The van der Waals surface area contributed by atoms with Gasteiger partial charge in [0.05, 0.1) is 16.6 Å². The van der Waals surface area contributed by atoms with Gasteiger partial charge in [0, 0.05) is 11.3 Å². The van der Waals surface area contributed by atoms with Gasteiger partial charge in [0.1, 0.15) is 0 Å². The number of hydrogen-bond acceptors (Lipinski definition) is 4. The van der Waals surface area contributed by atoms with E-state index < -0.39 is 12.1 Å². The number of carbonyl (C=O) groups is 2. The molecule has 0 heterocycles. The van der Waals surface area contributed by atoms with E-state index in [1.54, 1.807) is 18.2 Å². The molecule has 0 bridgehead atoms. The van der Waals surface area contributed by atoms with E-state index in [2.05, 4.69) is 0 Å². The Morgan fingerprint density at radius 2 is 2.06 bits per heavy atom. The zero-order valence-electron chi connectivity index (χ0n) is 8.79. The zero-order valence-corrected chi connectivity index (χ0v) is 9.61. The minimum atomic E-state index is -1.03. The highest BCUT2D eigenvalue weighted by Gasteiger charge is 2.24. The predicted octanol–water partition coefficient (Wildman–Crippen LogP) is 1.69. The van der Waals surface area contributed by atoms with Crippen molar-refractivity contribution in [2.45, 2.75) is 17.4 Å². The number of carboxylic acid groups (broad SMARTS) is 1. The van der Waals surface area contributed by atoms with Gasteiger partial charge in [0.25, 0.3) is 0 Å². The summed E-state index contributed by atoms with van der Waals surface area (Å²) in [5.74, 6) is -1.18. The molecule has 4 nitrogen and oxygen atoms in total. The monoisotopic (exact) mass is 250 g/mol. The van der Waals surface area contributed by atoms with Crippen LogP contribution in [0.4, 0.5) is 0 Å². The number of thioether (sulfide) groups is 1. The van der Waals surface area contributed by atoms with Gasteiger partial charge in [-0.05, 0) is 18.2 Å². The number of ketones is 1. The standard InChI is InChI=1S/C12H10O4S/c13-7-5-9(14)11(6-7)17-10-4-2-1-3-8(10)12(15)16/h1-4,6-7,13H,5H2,(H,15,16). The summed E-state index contributed by atoms with van der Waals surface area (Å²) in [6.07, 6.45) is 0.797. The molecule has 2 rings (SSSR count). The van der Waals surface area contributed by atoms with Crippen molar-refractivity contribution in [1.82, 2.24) is 0 Å². The number of allylic oxidation sites excluding steroid dienone is 1.